The van der Waals surface area contributed by atoms with Gasteiger partial charge in [-0.1, -0.05) is 49.6 Å². The predicted molar refractivity (Wildman–Crippen MR) is 152 cm³/mol. The number of amides is 2. The molecular formula is C31H40N4O4. The van der Waals surface area contributed by atoms with Crippen LogP contribution in [-0.4, -0.2) is 79.1 Å². The Morgan fingerprint density at radius 1 is 1.10 bits per heavy atom. The zero-order valence-corrected chi connectivity index (χ0v) is 22.9. The van der Waals surface area contributed by atoms with Crippen molar-refractivity contribution in [2.45, 2.75) is 50.6 Å². The van der Waals surface area contributed by atoms with Gasteiger partial charge in [-0.2, -0.15) is 0 Å². The molecule has 2 heterocycles. The summed E-state index contributed by atoms with van der Waals surface area (Å²) < 4.78 is 11.0. The van der Waals surface area contributed by atoms with Crippen LogP contribution in [0.3, 0.4) is 0 Å². The second-order valence-corrected chi connectivity index (χ2v) is 10.6. The van der Waals surface area contributed by atoms with E-state index >= 15 is 0 Å². The Labute approximate surface area is 230 Å². The molecular weight excluding hydrogens is 492 g/mol. The van der Waals surface area contributed by atoms with Gasteiger partial charge in [0.1, 0.15) is 11.8 Å². The molecule has 2 amide bonds. The molecule has 1 aromatic heterocycles. The molecule has 39 heavy (non-hydrogen) atoms. The van der Waals surface area contributed by atoms with Crippen molar-refractivity contribution in [1.29, 1.82) is 0 Å². The Bertz CT molecular complexity index is 1250. The highest BCUT2D eigenvalue weighted by molar-refractivity contribution is 5.92. The number of rotatable bonds is 10. The van der Waals surface area contributed by atoms with Crippen LogP contribution in [0.2, 0.25) is 0 Å². The average Bonchev–Trinajstić information content (AvgIpc) is 3.38. The minimum atomic E-state index is -0.749. The van der Waals surface area contributed by atoms with Crippen LogP contribution in [0, 0.1) is 0 Å². The maximum absolute atomic E-state index is 14.2. The van der Waals surface area contributed by atoms with Gasteiger partial charge < -0.3 is 24.7 Å². The quantitative estimate of drug-likeness (QED) is 0.411. The monoisotopic (exact) mass is 532 g/mol. The summed E-state index contributed by atoms with van der Waals surface area (Å²) in [5.74, 6) is 0.476. The van der Waals surface area contributed by atoms with E-state index < -0.39 is 6.04 Å². The highest BCUT2D eigenvalue weighted by atomic mass is 16.5. The van der Waals surface area contributed by atoms with Gasteiger partial charge in [-0.15, -0.1) is 0 Å². The molecule has 2 N–H and O–H groups in total. The van der Waals surface area contributed by atoms with E-state index in [4.69, 9.17) is 9.47 Å². The fourth-order valence-electron chi connectivity index (χ4n) is 5.83. The Kier molecular flexibility index (Phi) is 9.16. The van der Waals surface area contributed by atoms with E-state index in [0.29, 0.717) is 32.1 Å². The van der Waals surface area contributed by atoms with Crippen LogP contribution in [0.25, 0.3) is 10.9 Å². The maximum atomic E-state index is 14.2. The third-order valence-electron chi connectivity index (χ3n) is 8.02. The van der Waals surface area contributed by atoms with E-state index in [1.807, 2.05) is 54.7 Å². The number of morpholine rings is 1. The predicted octanol–water partition coefficient (Wildman–Crippen LogP) is 4.07. The van der Waals surface area contributed by atoms with Gasteiger partial charge in [0.25, 0.3) is 0 Å². The Morgan fingerprint density at radius 3 is 2.69 bits per heavy atom. The van der Waals surface area contributed by atoms with Crippen LogP contribution < -0.4 is 10.1 Å². The molecule has 8 heteroatoms. The lowest BCUT2D eigenvalue weighted by molar-refractivity contribution is -0.141. The first-order valence-corrected chi connectivity index (χ1v) is 14.2. The number of nitrogens with one attached hydrogen (secondary N) is 2. The SMILES string of the molecule is COc1cccc(C(C(=O)NC2CCCCC2)N(CCN2CCOCC2)C(=O)Cc2c[nH]c3ccccc23)c1. The lowest BCUT2D eigenvalue weighted by Gasteiger charge is -2.35. The van der Waals surface area contributed by atoms with E-state index in [1.165, 1.54) is 6.42 Å². The van der Waals surface area contributed by atoms with Crippen LogP contribution in [0.1, 0.15) is 49.3 Å². The number of nitrogens with zero attached hydrogens (tertiary/aromatic N) is 2. The second kappa shape index (κ2) is 13.1. The first-order valence-electron chi connectivity index (χ1n) is 14.2. The van der Waals surface area contributed by atoms with Gasteiger partial charge in [0.05, 0.1) is 26.7 Å². The summed E-state index contributed by atoms with van der Waals surface area (Å²) >= 11 is 0. The lowest BCUT2D eigenvalue weighted by Crippen LogP contribution is -2.50. The van der Waals surface area contributed by atoms with Crippen LogP contribution in [-0.2, 0) is 20.7 Å². The molecule has 0 bridgehead atoms. The number of H-pyrrole nitrogens is 1. The Balaban J connectivity index is 1.46. The van der Waals surface area contributed by atoms with Crippen molar-refractivity contribution in [3.05, 3.63) is 65.9 Å². The molecule has 1 atom stereocenters. The van der Waals surface area contributed by atoms with E-state index in [0.717, 1.165) is 60.8 Å². The minimum absolute atomic E-state index is 0.0698. The molecule has 5 rings (SSSR count). The van der Waals surface area contributed by atoms with E-state index in [-0.39, 0.29) is 24.3 Å². The molecule has 1 aliphatic heterocycles. The summed E-state index contributed by atoms with van der Waals surface area (Å²) in [6.07, 6.45) is 7.53. The molecule has 1 aliphatic carbocycles. The van der Waals surface area contributed by atoms with Crippen LogP contribution in [0.15, 0.2) is 54.7 Å². The third kappa shape index (κ3) is 6.81. The fourth-order valence-corrected chi connectivity index (χ4v) is 5.83. The number of aromatic nitrogens is 1. The zero-order valence-electron chi connectivity index (χ0n) is 22.9. The third-order valence-corrected chi connectivity index (χ3v) is 8.02. The molecule has 1 saturated heterocycles. The summed E-state index contributed by atoms with van der Waals surface area (Å²) in [5, 5.41) is 4.33. The minimum Gasteiger partial charge on any atom is -0.497 e. The van der Waals surface area contributed by atoms with Crippen LogP contribution >= 0.6 is 0 Å². The van der Waals surface area contributed by atoms with Gasteiger partial charge in [-0.25, -0.2) is 0 Å². The molecule has 2 aromatic carbocycles. The highest BCUT2D eigenvalue weighted by Gasteiger charge is 2.33. The number of carbonyl (C=O) groups excluding carboxylic acids is 2. The summed E-state index contributed by atoms with van der Waals surface area (Å²) in [6.45, 7) is 4.14. The number of para-hydroxylation sites is 1. The van der Waals surface area contributed by atoms with Crippen molar-refractivity contribution >= 4 is 22.7 Å². The summed E-state index contributed by atoms with van der Waals surface area (Å²) in [6, 6.07) is 15.0. The van der Waals surface area contributed by atoms with E-state index in [2.05, 4.69) is 15.2 Å². The second-order valence-electron chi connectivity index (χ2n) is 10.6. The molecule has 2 fully saturated rings. The van der Waals surface area contributed by atoms with Crippen LogP contribution in [0.5, 0.6) is 5.75 Å². The topological polar surface area (TPSA) is 86.9 Å². The molecule has 2 aliphatic rings. The maximum Gasteiger partial charge on any atom is 0.247 e. The number of ether oxygens (including phenoxy) is 2. The number of aromatic amines is 1. The van der Waals surface area contributed by atoms with Crippen molar-refractivity contribution in [2.24, 2.45) is 0 Å². The van der Waals surface area contributed by atoms with Gasteiger partial charge in [0.2, 0.25) is 11.8 Å². The van der Waals surface area contributed by atoms with Gasteiger partial charge in [0.15, 0.2) is 0 Å². The summed E-state index contributed by atoms with van der Waals surface area (Å²) in [4.78, 5) is 35.6. The van der Waals surface area contributed by atoms with Crippen molar-refractivity contribution < 1.29 is 19.1 Å². The molecule has 8 nitrogen and oxygen atoms in total. The molecule has 3 aromatic rings. The van der Waals surface area contributed by atoms with E-state index in [1.54, 1.807) is 12.0 Å². The number of benzene rings is 2. The molecule has 0 radical (unpaired) electrons. The van der Waals surface area contributed by atoms with Gasteiger partial charge in [-0.05, 0) is 42.2 Å². The molecule has 1 saturated carbocycles. The largest absolute Gasteiger partial charge is 0.497 e. The fraction of sp³-hybridized carbons (Fsp3) is 0.484. The summed E-state index contributed by atoms with van der Waals surface area (Å²) in [7, 11) is 1.62. The van der Waals surface area contributed by atoms with Gasteiger partial charge in [0, 0.05) is 49.3 Å². The molecule has 1 unspecified atom stereocenters. The molecule has 208 valence electrons. The first-order chi connectivity index (χ1) is 19.1. The van der Waals surface area contributed by atoms with Crippen LogP contribution in [0.4, 0.5) is 0 Å². The highest BCUT2D eigenvalue weighted by Crippen LogP contribution is 2.28. The Hall–Kier alpha value is -3.36. The van der Waals surface area contributed by atoms with Crippen molar-refractivity contribution in [3.63, 3.8) is 0 Å². The van der Waals surface area contributed by atoms with Crippen molar-refractivity contribution in [3.8, 4) is 5.75 Å². The van der Waals surface area contributed by atoms with Crippen molar-refractivity contribution in [1.82, 2.24) is 20.1 Å². The standard InChI is InChI=1S/C31H40N4O4/c1-38-26-11-7-8-23(20-26)30(31(37)33-25-9-3-2-4-10-25)35(15-14-34-16-18-39-19-17-34)29(36)21-24-22-32-28-13-6-5-12-27(24)28/h5-8,11-13,20,22,25,30,32H,2-4,9-10,14-19,21H2,1H3,(H,33,37). The Morgan fingerprint density at radius 2 is 1.90 bits per heavy atom. The first kappa shape index (κ1) is 27.2. The number of fused-ring (bicyclic) bond motifs is 1. The van der Waals surface area contributed by atoms with Gasteiger partial charge in [-0.3, -0.25) is 14.5 Å². The van der Waals surface area contributed by atoms with Gasteiger partial charge >= 0.3 is 0 Å². The average molecular weight is 533 g/mol. The smallest absolute Gasteiger partial charge is 0.247 e. The number of hydrogen-bond donors (Lipinski definition) is 2. The molecule has 0 spiro atoms. The lowest BCUT2D eigenvalue weighted by atomic mass is 9.94. The number of carbonyl (C=O) groups is 2. The number of methoxy groups -OCH3 is 1. The normalized spacial score (nSPS) is 17.6. The number of hydrogen-bond acceptors (Lipinski definition) is 5. The van der Waals surface area contributed by atoms with Crippen molar-refractivity contribution in [2.75, 3.05) is 46.5 Å². The van der Waals surface area contributed by atoms with E-state index in [9.17, 15) is 9.59 Å². The zero-order chi connectivity index (χ0) is 27.0. The summed E-state index contributed by atoms with van der Waals surface area (Å²) in [5.41, 5.74) is 2.69.